The highest BCUT2D eigenvalue weighted by molar-refractivity contribution is 7.80. The van der Waals surface area contributed by atoms with Gasteiger partial charge in [-0.3, -0.25) is 0 Å². The van der Waals surface area contributed by atoms with Crippen molar-refractivity contribution in [1.29, 1.82) is 0 Å². The zero-order chi connectivity index (χ0) is 16.3. The van der Waals surface area contributed by atoms with Crippen LogP contribution in [0.1, 0.15) is 5.56 Å². The maximum Gasteiger partial charge on any atom is 0.419 e. The van der Waals surface area contributed by atoms with Gasteiger partial charge in [-0.25, -0.2) is 9.18 Å². The lowest BCUT2D eigenvalue weighted by Crippen LogP contribution is -2.21. The molecule has 2 rings (SSSR count). The number of urea groups is 1. The van der Waals surface area contributed by atoms with Crippen molar-refractivity contribution in [2.75, 3.05) is 10.6 Å². The van der Waals surface area contributed by atoms with E-state index in [0.29, 0.717) is 16.6 Å². The van der Waals surface area contributed by atoms with Crippen molar-refractivity contribution in [1.82, 2.24) is 0 Å². The first-order valence-electron chi connectivity index (χ1n) is 6.00. The van der Waals surface area contributed by atoms with Crippen molar-refractivity contribution in [2.45, 2.75) is 11.1 Å². The van der Waals surface area contributed by atoms with E-state index < -0.39 is 29.3 Å². The molecule has 3 nitrogen and oxygen atoms in total. The minimum atomic E-state index is -4.83. The molecule has 0 unspecified atom stereocenters. The molecule has 116 valence electrons. The molecule has 0 heterocycles. The first-order chi connectivity index (χ1) is 10.3. The van der Waals surface area contributed by atoms with Gasteiger partial charge in [0, 0.05) is 10.6 Å². The Morgan fingerprint density at radius 1 is 1.00 bits per heavy atom. The van der Waals surface area contributed by atoms with Gasteiger partial charge >= 0.3 is 12.2 Å². The van der Waals surface area contributed by atoms with Crippen LogP contribution in [0.3, 0.4) is 0 Å². The molecule has 0 saturated heterocycles. The van der Waals surface area contributed by atoms with E-state index in [2.05, 4.69) is 17.9 Å². The van der Waals surface area contributed by atoms with Crippen molar-refractivity contribution in [2.24, 2.45) is 0 Å². The number of amides is 2. The maximum atomic E-state index is 13.7. The summed E-state index contributed by atoms with van der Waals surface area (Å²) in [6, 6.07) is 8.12. The van der Waals surface area contributed by atoms with Crippen molar-refractivity contribution in [3.8, 4) is 0 Å². The van der Waals surface area contributed by atoms with E-state index in [1.807, 2.05) is 5.32 Å². The molecule has 0 radical (unpaired) electrons. The molecule has 8 heteroatoms. The van der Waals surface area contributed by atoms with Crippen LogP contribution in [0.4, 0.5) is 33.7 Å². The van der Waals surface area contributed by atoms with Crippen LogP contribution < -0.4 is 10.6 Å². The van der Waals surface area contributed by atoms with Gasteiger partial charge in [0.1, 0.15) is 0 Å². The molecule has 2 amide bonds. The summed E-state index contributed by atoms with van der Waals surface area (Å²) in [6.07, 6.45) is -4.83. The SMILES string of the molecule is O=C(Nc1ccc(S)cc1)Nc1cccc(C(F)(F)F)c1F. The predicted octanol–water partition coefficient (Wildman–Crippen LogP) is 4.78. The largest absolute Gasteiger partial charge is 0.419 e. The number of anilines is 2. The van der Waals surface area contributed by atoms with E-state index in [9.17, 15) is 22.4 Å². The molecule has 0 atom stereocenters. The van der Waals surface area contributed by atoms with Crippen molar-refractivity contribution in [3.05, 3.63) is 53.8 Å². The minimum absolute atomic E-state index is 0.391. The average Bonchev–Trinajstić information content (AvgIpc) is 2.42. The zero-order valence-electron chi connectivity index (χ0n) is 10.9. The van der Waals surface area contributed by atoms with Crippen LogP contribution in [-0.2, 0) is 6.18 Å². The second kappa shape index (κ2) is 6.27. The van der Waals surface area contributed by atoms with Crippen molar-refractivity contribution >= 4 is 30.0 Å². The molecular weight excluding hydrogens is 320 g/mol. The molecule has 2 N–H and O–H groups in total. The number of thiol groups is 1. The molecule has 0 aromatic heterocycles. The van der Waals surface area contributed by atoms with Gasteiger partial charge in [-0.1, -0.05) is 6.07 Å². The van der Waals surface area contributed by atoms with Crippen LogP contribution in [0.25, 0.3) is 0 Å². The summed E-state index contributed by atoms with van der Waals surface area (Å²) in [4.78, 5) is 12.4. The molecule has 2 aromatic carbocycles. The maximum absolute atomic E-state index is 13.7. The highest BCUT2D eigenvalue weighted by atomic mass is 32.1. The Morgan fingerprint density at radius 2 is 1.64 bits per heavy atom. The number of rotatable bonds is 2. The number of hydrogen-bond donors (Lipinski definition) is 3. The van der Waals surface area contributed by atoms with Gasteiger partial charge in [-0.15, -0.1) is 12.6 Å². The van der Waals surface area contributed by atoms with E-state index >= 15 is 0 Å². The number of hydrogen-bond acceptors (Lipinski definition) is 2. The van der Waals surface area contributed by atoms with Crippen LogP contribution >= 0.6 is 12.6 Å². The summed E-state index contributed by atoms with van der Waals surface area (Å²) in [5.41, 5.74) is -1.61. The van der Waals surface area contributed by atoms with Crippen LogP contribution in [-0.4, -0.2) is 6.03 Å². The first-order valence-corrected chi connectivity index (χ1v) is 6.45. The van der Waals surface area contributed by atoms with Crippen LogP contribution in [0.2, 0.25) is 0 Å². The van der Waals surface area contributed by atoms with Crippen molar-refractivity contribution in [3.63, 3.8) is 0 Å². The monoisotopic (exact) mass is 330 g/mol. The number of carbonyl (C=O) groups excluding carboxylic acids is 1. The third-order valence-corrected chi connectivity index (χ3v) is 2.98. The van der Waals surface area contributed by atoms with Crippen LogP contribution in [0.15, 0.2) is 47.4 Å². The third-order valence-electron chi connectivity index (χ3n) is 2.68. The van der Waals surface area contributed by atoms with Gasteiger partial charge in [0.2, 0.25) is 0 Å². The molecule has 0 fully saturated rings. The van der Waals surface area contributed by atoms with E-state index in [-0.39, 0.29) is 0 Å². The zero-order valence-corrected chi connectivity index (χ0v) is 11.8. The highest BCUT2D eigenvalue weighted by Crippen LogP contribution is 2.33. The molecular formula is C14H10F4N2OS. The Labute approximate surface area is 128 Å². The Kier molecular flexibility index (Phi) is 4.60. The fourth-order valence-electron chi connectivity index (χ4n) is 1.68. The van der Waals surface area contributed by atoms with Gasteiger partial charge in [-0.2, -0.15) is 13.2 Å². The van der Waals surface area contributed by atoms with Gasteiger partial charge in [0.05, 0.1) is 11.3 Å². The highest BCUT2D eigenvalue weighted by Gasteiger charge is 2.35. The third kappa shape index (κ3) is 3.91. The van der Waals surface area contributed by atoms with Crippen molar-refractivity contribution < 1.29 is 22.4 Å². The molecule has 0 aliphatic carbocycles. The summed E-state index contributed by atoms with van der Waals surface area (Å²) in [6.45, 7) is 0. The van der Waals surface area contributed by atoms with E-state index in [0.717, 1.165) is 12.1 Å². The standard InChI is InChI=1S/C14H10F4N2OS/c15-12-10(14(16,17)18)2-1-3-11(12)20-13(21)19-8-4-6-9(22)7-5-8/h1-7,22H,(H2,19,20,21). The number of nitrogens with one attached hydrogen (secondary N) is 2. The second-order valence-electron chi connectivity index (χ2n) is 4.29. The van der Waals surface area contributed by atoms with Crippen LogP contribution in [0.5, 0.6) is 0 Å². The molecule has 0 aliphatic heterocycles. The molecule has 0 bridgehead atoms. The molecule has 0 aliphatic rings. The van der Waals surface area contributed by atoms with Gasteiger partial charge in [0.25, 0.3) is 0 Å². The summed E-state index contributed by atoms with van der Waals surface area (Å²) < 4.78 is 51.5. The normalized spacial score (nSPS) is 11.1. The fourth-order valence-corrected chi connectivity index (χ4v) is 1.83. The lowest BCUT2D eigenvalue weighted by molar-refractivity contribution is -0.139. The lowest BCUT2D eigenvalue weighted by Gasteiger charge is -2.12. The quantitative estimate of drug-likeness (QED) is 0.538. The Morgan fingerprint density at radius 3 is 2.23 bits per heavy atom. The minimum Gasteiger partial charge on any atom is -0.308 e. The topological polar surface area (TPSA) is 41.1 Å². The Balaban J connectivity index is 2.13. The number of benzene rings is 2. The molecule has 0 spiro atoms. The molecule has 2 aromatic rings. The van der Waals surface area contributed by atoms with Crippen LogP contribution in [0, 0.1) is 5.82 Å². The predicted molar refractivity (Wildman–Crippen MR) is 77.7 cm³/mol. The number of halogens is 4. The first kappa shape index (κ1) is 16.2. The summed E-state index contributed by atoms with van der Waals surface area (Å²) in [5.74, 6) is -1.53. The smallest absolute Gasteiger partial charge is 0.308 e. The molecule has 0 saturated carbocycles. The Bertz CT molecular complexity index is 686. The fraction of sp³-hybridized carbons (Fsp3) is 0.0714. The summed E-state index contributed by atoms with van der Waals surface area (Å²) >= 11 is 4.07. The van der Waals surface area contributed by atoms with Gasteiger partial charge in [-0.05, 0) is 36.4 Å². The molecule has 22 heavy (non-hydrogen) atoms. The van der Waals surface area contributed by atoms with E-state index in [1.54, 1.807) is 24.3 Å². The van der Waals surface area contributed by atoms with Gasteiger partial charge < -0.3 is 10.6 Å². The Hall–Kier alpha value is -2.22. The number of alkyl halides is 3. The summed E-state index contributed by atoms with van der Waals surface area (Å²) in [7, 11) is 0. The van der Waals surface area contributed by atoms with E-state index in [4.69, 9.17) is 0 Å². The average molecular weight is 330 g/mol. The lowest BCUT2D eigenvalue weighted by atomic mass is 10.2. The summed E-state index contributed by atoms with van der Waals surface area (Å²) in [5, 5.41) is 4.41. The van der Waals surface area contributed by atoms with E-state index in [1.165, 1.54) is 0 Å². The second-order valence-corrected chi connectivity index (χ2v) is 4.81. The van der Waals surface area contributed by atoms with Gasteiger partial charge in [0.15, 0.2) is 5.82 Å². The number of carbonyl (C=O) groups is 1.